The summed E-state index contributed by atoms with van der Waals surface area (Å²) in [6.45, 7) is 1.17. The van der Waals surface area contributed by atoms with E-state index < -0.39 is 0 Å². The van der Waals surface area contributed by atoms with Crippen molar-refractivity contribution in [3.8, 4) is 0 Å². The SMILES string of the molecule is CN(CC(=N)N)Cc1ccccc1Cl. The molecule has 14 heavy (non-hydrogen) atoms. The fraction of sp³-hybridized carbons (Fsp3) is 0.300. The van der Waals surface area contributed by atoms with E-state index in [-0.39, 0.29) is 5.84 Å². The Kier molecular flexibility index (Phi) is 3.92. The molecule has 0 fully saturated rings. The van der Waals surface area contributed by atoms with Gasteiger partial charge in [0.05, 0.1) is 6.54 Å². The molecule has 0 amide bonds. The summed E-state index contributed by atoms with van der Waals surface area (Å²) < 4.78 is 0. The first kappa shape index (κ1) is 11.0. The van der Waals surface area contributed by atoms with Gasteiger partial charge >= 0.3 is 0 Å². The Labute approximate surface area is 89.0 Å². The number of amidine groups is 1. The van der Waals surface area contributed by atoms with Gasteiger partial charge in [-0.2, -0.15) is 0 Å². The predicted octanol–water partition coefficient (Wildman–Crippen LogP) is 1.71. The van der Waals surface area contributed by atoms with Crippen molar-refractivity contribution in [3.63, 3.8) is 0 Å². The second-order valence-corrected chi connectivity index (χ2v) is 3.70. The second-order valence-electron chi connectivity index (χ2n) is 3.29. The number of hydrogen-bond acceptors (Lipinski definition) is 2. The van der Waals surface area contributed by atoms with Gasteiger partial charge in [0.15, 0.2) is 0 Å². The maximum Gasteiger partial charge on any atom is 0.105 e. The minimum Gasteiger partial charge on any atom is -0.387 e. The van der Waals surface area contributed by atoms with Crippen molar-refractivity contribution in [1.82, 2.24) is 4.90 Å². The van der Waals surface area contributed by atoms with Crippen LogP contribution in [-0.2, 0) is 6.54 Å². The van der Waals surface area contributed by atoms with Crippen LogP contribution in [0.5, 0.6) is 0 Å². The van der Waals surface area contributed by atoms with E-state index in [1.165, 1.54) is 0 Å². The number of hydrogen-bond donors (Lipinski definition) is 2. The summed E-state index contributed by atoms with van der Waals surface area (Å²) in [6.07, 6.45) is 0. The Hall–Kier alpha value is -1.06. The number of benzene rings is 1. The zero-order chi connectivity index (χ0) is 10.6. The molecule has 0 aliphatic heterocycles. The molecule has 1 aromatic rings. The van der Waals surface area contributed by atoms with Crippen molar-refractivity contribution in [1.29, 1.82) is 5.41 Å². The van der Waals surface area contributed by atoms with Gasteiger partial charge in [-0.25, -0.2) is 0 Å². The van der Waals surface area contributed by atoms with Crippen LogP contribution in [0, 0.1) is 5.41 Å². The van der Waals surface area contributed by atoms with Gasteiger partial charge in [0, 0.05) is 11.6 Å². The highest BCUT2D eigenvalue weighted by atomic mass is 35.5. The van der Waals surface area contributed by atoms with E-state index in [2.05, 4.69) is 0 Å². The normalized spacial score (nSPS) is 10.5. The summed E-state index contributed by atoms with van der Waals surface area (Å²) in [6, 6.07) is 7.68. The van der Waals surface area contributed by atoms with E-state index in [1.54, 1.807) is 0 Å². The smallest absolute Gasteiger partial charge is 0.105 e. The van der Waals surface area contributed by atoms with Crippen molar-refractivity contribution >= 4 is 17.4 Å². The number of nitrogens with two attached hydrogens (primary N) is 1. The first-order valence-electron chi connectivity index (χ1n) is 4.34. The van der Waals surface area contributed by atoms with Gasteiger partial charge < -0.3 is 5.73 Å². The van der Waals surface area contributed by atoms with E-state index in [9.17, 15) is 0 Å². The number of halogens is 1. The average Bonchev–Trinajstić information content (AvgIpc) is 2.07. The molecule has 1 aromatic carbocycles. The highest BCUT2D eigenvalue weighted by molar-refractivity contribution is 6.31. The largest absolute Gasteiger partial charge is 0.387 e. The lowest BCUT2D eigenvalue weighted by Gasteiger charge is -2.16. The molecule has 0 saturated carbocycles. The molecule has 0 bridgehead atoms. The molecule has 0 unspecified atom stereocenters. The zero-order valence-corrected chi connectivity index (χ0v) is 8.88. The molecule has 76 valence electrons. The molecule has 0 aliphatic rings. The van der Waals surface area contributed by atoms with Crippen LogP contribution >= 0.6 is 11.6 Å². The van der Waals surface area contributed by atoms with Crippen molar-refractivity contribution in [2.45, 2.75) is 6.54 Å². The van der Waals surface area contributed by atoms with Crippen molar-refractivity contribution in [3.05, 3.63) is 34.9 Å². The maximum atomic E-state index is 7.15. The molecule has 0 radical (unpaired) electrons. The molecule has 0 aromatic heterocycles. The van der Waals surface area contributed by atoms with Crippen LogP contribution in [0.2, 0.25) is 5.02 Å². The quantitative estimate of drug-likeness (QED) is 0.589. The van der Waals surface area contributed by atoms with E-state index in [0.29, 0.717) is 13.1 Å². The fourth-order valence-corrected chi connectivity index (χ4v) is 1.46. The topological polar surface area (TPSA) is 53.1 Å². The molecule has 3 nitrogen and oxygen atoms in total. The molecule has 3 N–H and O–H groups in total. The van der Waals surface area contributed by atoms with E-state index in [1.807, 2.05) is 36.2 Å². The molecule has 0 spiro atoms. The number of likely N-dealkylation sites (N-methyl/N-ethyl adjacent to an activating group) is 1. The number of nitrogens with one attached hydrogen (secondary N) is 1. The van der Waals surface area contributed by atoms with Crippen LogP contribution in [0.25, 0.3) is 0 Å². The van der Waals surface area contributed by atoms with E-state index >= 15 is 0 Å². The Morgan fingerprint density at radius 3 is 2.71 bits per heavy atom. The molecule has 0 heterocycles. The molecule has 1 rings (SSSR count). The standard InChI is InChI=1S/C10H14ClN3/c1-14(7-10(12)13)6-8-4-2-3-5-9(8)11/h2-5H,6-7H2,1H3,(H3,12,13). The summed E-state index contributed by atoms with van der Waals surface area (Å²) in [4.78, 5) is 1.95. The Morgan fingerprint density at radius 2 is 2.14 bits per heavy atom. The highest BCUT2D eigenvalue weighted by Crippen LogP contribution is 2.15. The van der Waals surface area contributed by atoms with Gasteiger partial charge in [0.1, 0.15) is 5.84 Å². The van der Waals surface area contributed by atoms with E-state index in [0.717, 1.165) is 10.6 Å². The van der Waals surface area contributed by atoms with Crippen molar-refractivity contribution < 1.29 is 0 Å². The summed E-state index contributed by atoms with van der Waals surface area (Å²) >= 11 is 5.99. The van der Waals surface area contributed by atoms with Crippen LogP contribution in [0.3, 0.4) is 0 Å². The molecule has 0 atom stereocenters. The minimum absolute atomic E-state index is 0.166. The molecule has 0 saturated heterocycles. The third-order valence-corrected chi connectivity index (χ3v) is 2.21. The second kappa shape index (κ2) is 4.98. The van der Waals surface area contributed by atoms with Gasteiger partial charge in [0.2, 0.25) is 0 Å². The summed E-state index contributed by atoms with van der Waals surface area (Å²) in [5, 5.41) is 7.90. The third-order valence-electron chi connectivity index (χ3n) is 1.84. The summed E-state index contributed by atoms with van der Waals surface area (Å²) in [5.74, 6) is 0.166. The van der Waals surface area contributed by atoms with Gasteiger partial charge in [0.25, 0.3) is 0 Å². The van der Waals surface area contributed by atoms with Gasteiger partial charge in [-0.3, -0.25) is 10.3 Å². The minimum atomic E-state index is 0.166. The molecular weight excluding hydrogens is 198 g/mol. The third kappa shape index (κ3) is 3.36. The lowest BCUT2D eigenvalue weighted by Crippen LogP contribution is -2.29. The van der Waals surface area contributed by atoms with Gasteiger partial charge in [-0.1, -0.05) is 29.8 Å². The highest BCUT2D eigenvalue weighted by Gasteiger charge is 2.04. The molecule has 0 aliphatic carbocycles. The fourth-order valence-electron chi connectivity index (χ4n) is 1.26. The average molecular weight is 212 g/mol. The Balaban J connectivity index is 2.60. The Bertz CT molecular complexity index is 325. The van der Waals surface area contributed by atoms with Crippen LogP contribution in [0.4, 0.5) is 0 Å². The van der Waals surface area contributed by atoms with Crippen LogP contribution in [0.1, 0.15) is 5.56 Å². The number of rotatable bonds is 4. The summed E-state index contributed by atoms with van der Waals surface area (Å²) in [7, 11) is 1.91. The first-order chi connectivity index (χ1) is 6.59. The van der Waals surface area contributed by atoms with E-state index in [4.69, 9.17) is 22.7 Å². The predicted molar refractivity (Wildman–Crippen MR) is 59.7 cm³/mol. The van der Waals surface area contributed by atoms with Crippen LogP contribution in [-0.4, -0.2) is 24.3 Å². The van der Waals surface area contributed by atoms with Gasteiger partial charge in [-0.15, -0.1) is 0 Å². The summed E-state index contributed by atoms with van der Waals surface area (Å²) in [5.41, 5.74) is 6.35. The number of nitrogens with zero attached hydrogens (tertiary/aromatic N) is 1. The first-order valence-corrected chi connectivity index (χ1v) is 4.72. The van der Waals surface area contributed by atoms with Crippen LogP contribution < -0.4 is 5.73 Å². The van der Waals surface area contributed by atoms with Gasteiger partial charge in [-0.05, 0) is 18.7 Å². The monoisotopic (exact) mass is 211 g/mol. The van der Waals surface area contributed by atoms with Crippen molar-refractivity contribution in [2.75, 3.05) is 13.6 Å². The van der Waals surface area contributed by atoms with Crippen LogP contribution in [0.15, 0.2) is 24.3 Å². The molecule has 4 heteroatoms. The maximum absolute atomic E-state index is 7.15. The molecular formula is C10H14ClN3. The van der Waals surface area contributed by atoms with Crippen molar-refractivity contribution in [2.24, 2.45) is 5.73 Å². The zero-order valence-electron chi connectivity index (χ0n) is 8.13. The lowest BCUT2D eigenvalue weighted by atomic mass is 10.2. The Morgan fingerprint density at radius 1 is 1.50 bits per heavy atom. The lowest BCUT2D eigenvalue weighted by molar-refractivity contribution is 0.372.